The van der Waals surface area contributed by atoms with E-state index in [1.807, 2.05) is 0 Å². The van der Waals surface area contributed by atoms with Gasteiger partial charge in [0.2, 0.25) is 15.9 Å². The Kier molecular flexibility index (Phi) is 8.46. The number of sulfonamides is 1. The van der Waals surface area contributed by atoms with Crippen LogP contribution in [-0.4, -0.2) is 31.2 Å². The van der Waals surface area contributed by atoms with E-state index in [-0.39, 0.29) is 35.5 Å². The van der Waals surface area contributed by atoms with E-state index in [4.69, 9.17) is 11.6 Å². The predicted octanol–water partition coefficient (Wildman–Crippen LogP) is 4.90. The molecule has 0 aromatic heterocycles. The highest BCUT2D eigenvalue weighted by molar-refractivity contribution is 7.89. The zero-order valence-corrected chi connectivity index (χ0v) is 19.0. The van der Waals surface area contributed by atoms with Crippen molar-refractivity contribution in [3.63, 3.8) is 0 Å². The molecule has 2 aromatic carbocycles. The summed E-state index contributed by atoms with van der Waals surface area (Å²) in [4.78, 5) is 12.8. The van der Waals surface area contributed by atoms with E-state index in [0.29, 0.717) is 5.02 Å². The van der Waals surface area contributed by atoms with Crippen molar-refractivity contribution in [2.75, 3.05) is 6.54 Å². The first-order chi connectivity index (χ1) is 14.9. The molecule has 1 N–H and O–H groups in total. The molecule has 1 amide bonds. The molecule has 2 aromatic rings. The Labute approximate surface area is 188 Å². The van der Waals surface area contributed by atoms with E-state index >= 15 is 0 Å². The number of carbonyl (C=O) groups excluding carboxylic acids is 1. The Morgan fingerprint density at radius 3 is 2.26 bits per heavy atom. The average Bonchev–Trinajstić information content (AvgIpc) is 2.71. The number of benzene rings is 2. The summed E-state index contributed by atoms with van der Waals surface area (Å²) in [6, 6.07) is 11.7. The highest BCUT2D eigenvalue weighted by Crippen LogP contribution is 2.22. The van der Waals surface area contributed by atoms with Gasteiger partial charge in [-0.05, 0) is 43.2 Å². The van der Waals surface area contributed by atoms with Gasteiger partial charge in [-0.1, -0.05) is 61.9 Å². The maximum absolute atomic E-state index is 14.2. The third-order valence-electron chi connectivity index (χ3n) is 5.55. The predicted molar refractivity (Wildman–Crippen MR) is 120 cm³/mol. The number of nitrogens with zero attached hydrogens (tertiary/aromatic N) is 1. The van der Waals surface area contributed by atoms with Gasteiger partial charge in [0.1, 0.15) is 5.82 Å². The Balaban J connectivity index is 1.80. The highest BCUT2D eigenvalue weighted by Gasteiger charge is 2.28. The minimum absolute atomic E-state index is 0.00648. The molecule has 1 aliphatic carbocycles. The third kappa shape index (κ3) is 6.76. The molecule has 1 saturated carbocycles. The molecule has 0 aliphatic heterocycles. The minimum Gasteiger partial charge on any atom is -0.352 e. The molecule has 0 unspecified atom stereocenters. The molecule has 3 rings (SSSR count). The molecule has 5 nitrogen and oxygen atoms in total. The zero-order valence-electron chi connectivity index (χ0n) is 17.4. The summed E-state index contributed by atoms with van der Waals surface area (Å²) in [5.74, 6) is -0.890. The summed E-state index contributed by atoms with van der Waals surface area (Å²) in [6.07, 6.45) is 7.40. The Hall–Kier alpha value is -1.96. The lowest BCUT2D eigenvalue weighted by Crippen LogP contribution is -2.44. The van der Waals surface area contributed by atoms with Crippen molar-refractivity contribution < 1.29 is 17.6 Å². The van der Waals surface area contributed by atoms with E-state index in [9.17, 15) is 17.6 Å². The van der Waals surface area contributed by atoms with Crippen molar-refractivity contribution in [1.29, 1.82) is 0 Å². The Bertz CT molecular complexity index is 975. The van der Waals surface area contributed by atoms with Crippen LogP contribution in [0.15, 0.2) is 53.4 Å². The molecule has 0 spiro atoms. The van der Waals surface area contributed by atoms with E-state index in [0.717, 1.165) is 42.8 Å². The molecule has 1 fully saturated rings. The lowest BCUT2D eigenvalue weighted by Gasteiger charge is -2.25. The summed E-state index contributed by atoms with van der Waals surface area (Å²) in [5.41, 5.74) is 0.207. The van der Waals surface area contributed by atoms with Crippen LogP contribution >= 0.6 is 11.6 Å². The number of hydrogen-bond acceptors (Lipinski definition) is 3. The number of amides is 1. The van der Waals surface area contributed by atoms with E-state index in [2.05, 4.69) is 5.32 Å². The molecular formula is C23H28ClFN2O3S. The molecule has 8 heteroatoms. The molecule has 0 heterocycles. The second-order valence-corrected chi connectivity index (χ2v) is 10.3. The zero-order chi connectivity index (χ0) is 22.3. The van der Waals surface area contributed by atoms with Gasteiger partial charge >= 0.3 is 0 Å². The third-order valence-corrected chi connectivity index (χ3v) is 7.60. The van der Waals surface area contributed by atoms with Gasteiger partial charge in [0.15, 0.2) is 0 Å². The van der Waals surface area contributed by atoms with Crippen molar-refractivity contribution >= 4 is 27.5 Å². The van der Waals surface area contributed by atoms with Crippen molar-refractivity contribution in [1.82, 2.24) is 9.62 Å². The number of rotatable bonds is 7. The molecule has 168 valence electrons. The summed E-state index contributed by atoms with van der Waals surface area (Å²) in [6.45, 7) is -0.620. The van der Waals surface area contributed by atoms with Crippen LogP contribution < -0.4 is 5.32 Å². The lowest BCUT2D eigenvalue weighted by molar-refractivity contribution is -0.122. The first-order valence-corrected chi connectivity index (χ1v) is 12.5. The fourth-order valence-corrected chi connectivity index (χ4v) is 5.33. The Morgan fingerprint density at radius 2 is 1.61 bits per heavy atom. The van der Waals surface area contributed by atoms with Gasteiger partial charge < -0.3 is 5.32 Å². The molecule has 31 heavy (non-hydrogen) atoms. The van der Waals surface area contributed by atoms with Gasteiger partial charge in [-0.3, -0.25) is 4.79 Å². The molecule has 0 atom stereocenters. The van der Waals surface area contributed by atoms with Gasteiger partial charge in [-0.2, -0.15) is 4.31 Å². The largest absolute Gasteiger partial charge is 0.352 e. The summed E-state index contributed by atoms with van der Waals surface area (Å²) in [5, 5.41) is 3.39. The standard InChI is InChI=1S/C23H28ClFN2O3S/c24-19-12-14-21(15-13-19)31(29,30)27(16-18-8-6-7-11-22(18)25)17-23(28)26-20-9-4-2-1-3-5-10-20/h6-8,11-15,20H,1-5,9-10,16-17H2,(H,26,28). The monoisotopic (exact) mass is 466 g/mol. The van der Waals surface area contributed by atoms with Gasteiger partial charge in [0.25, 0.3) is 0 Å². The van der Waals surface area contributed by atoms with Crippen molar-refractivity contribution in [2.24, 2.45) is 0 Å². The van der Waals surface area contributed by atoms with Crippen molar-refractivity contribution in [3.05, 3.63) is 64.9 Å². The summed E-state index contributed by atoms with van der Waals surface area (Å²) in [7, 11) is -4.03. The molecular weight excluding hydrogens is 439 g/mol. The molecule has 1 aliphatic rings. The number of nitrogens with one attached hydrogen (secondary N) is 1. The van der Waals surface area contributed by atoms with Crippen LogP contribution in [0.3, 0.4) is 0 Å². The first kappa shape index (κ1) is 23.7. The van der Waals surface area contributed by atoms with Gasteiger partial charge in [-0.25, -0.2) is 12.8 Å². The topological polar surface area (TPSA) is 66.5 Å². The number of hydrogen-bond donors (Lipinski definition) is 1. The van der Waals surface area contributed by atoms with E-state index < -0.39 is 15.8 Å². The van der Waals surface area contributed by atoms with Gasteiger partial charge in [0, 0.05) is 23.2 Å². The minimum atomic E-state index is -4.03. The van der Waals surface area contributed by atoms with Crippen LogP contribution in [0.1, 0.15) is 50.5 Å². The molecule has 0 radical (unpaired) electrons. The van der Waals surface area contributed by atoms with E-state index in [1.165, 1.54) is 48.9 Å². The number of carbonyl (C=O) groups is 1. The maximum Gasteiger partial charge on any atom is 0.243 e. The smallest absolute Gasteiger partial charge is 0.243 e. The SMILES string of the molecule is O=C(CN(Cc1ccccc1F)S(=O)(=O)c1ccc(Cl)cc1)NC1CCCCCCC1. The van der Waals surface area contributed by atoms with Crippen molar-refractivity contribution in [2.45, 2.75) is 62.4 Å². The van der Waals surface area contributed by atoms with Crippen LogP contribution in [0.25, 0.3) is 0 Å². The second kappa shape index (κ2) is 11.1. The van der Waals surface area contributed by atoms with Crippen LogP contribution in [0.4, 0.5) is 4.39 Å². The fourth-order valence-electron chi connectivity index (χ4n) is 3.83. The van der Waals surface area contributed by atoms with Crippen LogP contribution in [0.2, 0.25) is 5.02 Å². The first-order valence-electron chi connectivity index (χ1n) is 10.6. The van der Waals surface area contributed by atoms with Crippen LogP contribution in [0.5, 0.6) is 0 Å². The second-order valence-electron chi connectivity index (χ2n) is 7.93. The van der Waals surface area contributed by atoms with E-state index in [1.54, 1.807) is 6.07 Å². The summed E-state index contributed by atoms with van der Waals surface area (Å²) >= 11 is 5.89. The van der Waals surface area contributed by atoms with Gasteiger partial charge in [-0.15, -0.1) is 0 Å². The molecule has 0 saturated heterocycles. The van der Waals surface area contributed by atoms with Gasteiger partial charge in [0.05, 0.1) is 11.4 Å². The van der Waals surface area contributed by atoms with Crippen LogP contribution in [0, 0.1) is 5.82 Å². The number of halogens is 2. The fraction of sp³-hybridized carbons (Fsp3) is 0.435. The average molecular weight is 467 g/mol. The maximum atomic E-state index is 14.2. The van der Waals surface area contributed by atoms with Crippen molar-refractivity contribution in [3.8, 4) is 0 Å². The Morgan fingerprint density at radius 1 is 1.00 bits per heavy atom. The normalized spacial score (nSPS) is 16.0. The van der Waals surface area contributed by atoms with Crippen LogP contribution in [-0.2, 0) is 21.4 Å². The summed E-state index contributed by atoms with van der Waals surface area (Å²) < 4.78 is 41.8. The quantitative estimate of drug-likeness (QED) is 0.631. The highest BCUT2D eigenvalue weighted by atomic mass is 35.5. The molecule has 0 bridgehead atoms. The lowest BCUT2D eigenvalue weighted by atomic mass is 9.97.